The second-order valence-electron chi connectivity index (χ2n) is 4.27. The number of hydrogen-bond acceptors (Lipinski definition) is 4. The molecular weight excluding hydrogens is 282 g/mol. The number of halogens is 1. The zero-order valence-electron chi connectivity index (χ0n) is 10.3. The van der Waals surface area contributed by atoms with E-state index in [1.54, 1.807) is 0 Å². The Morgan fingerprint density at radius 3 is 2.94 bits per heavy atom. The molecule has 0 aliphatic carbocycles. The first-order chi connectivity index (χ1) is 8.19. The van der Waals surface area contributed by atoms with E-state index >= 15 is 0 Å². The molecule has 0 bridgehead atoms. The highest BCUT2D eigenvalue weighted by Crippen LogP contribution is 2.19. The first-order valence-electron chi connectivity index (χ1n) is 6.06. The van der Waals surface area contributed by atoms with Crippen LogP contribution >= 0.6 is 15.9 Å². The van der Waals surface area contributed by atoms with Crippen LogP contribution in [0.1, 0.15) is 25.6 Å². The minimum atomic E-state index is 0.351. The van der Waals surface area contributed by atoms with Crippen molar-refractivity contribution in [3.8, 4) is 0 Å². The van der Waals surface area contributed by atoms with Crippen molar-refractivity contribution in [2.75, 3.05) is 24.6 Å². The zero-order valence-corrected chi connectivity index (χ0v) is 11.9. The molecular formula is C12H18BrN3O. The molecule has 1 unspecified atom stereocenters. The third-order valence-electron chi connectivity index (χ3n) is 2.95. The number of aryl methyl sites for hydroxylation is 1. The first-order valence-corrected chi connectivity index (χ1v) is 6.86. The summed E-state index contributed by atoms with van der Waals surface area (Å²) < 4.78 is 6.51. The van der Waals surface area contributed by atoms with E-state index in [1.165, 1.54) is 6.42 Å². The van der Waals surface area contributed by atoms with Gasteiger partial charge in [-0.25, -0.2) is 9.97 Å². The summed E-state index contributed by atoms with van der Waals surface area (Å²) in [6.45, 7) is 6.80. The maximum Gasteiger partial charge on any atom is 0.133 e. The predicted molar refractivity (Wildman–Crippen MR) is 71.3 cm³/mol. The summed E-state index contributed by atoms with van der Waals surface area (Å²) in [4.78, 5) is 11.0. The third-order valence-corrected chi connectivity index (χ3v) is 3.35. The Balaban J connectivity index is 2.10. The molecule has 0 radical (unpaired) electrons. The molecule has 1 saturated heterocycles. The van der Waals surface area contributed by atoms with Gasteiger partial charge in [0.1, 0.15) is 16.2 Å². The standard InChI is InChI=1S/C12H18BrN3O/c1-3-16(8-10-5-4-6-17-10)12-7-11(13)14-9(2)15-12/h7,10H,3-6,8H2,1-2H3. The molecule has 4 nitrogen and oxygen atoms in total. The largest absolute Gasteiger partial charge is 0.376 e. The average molecular weight is 300 g/mol. The summed E-state index contributed by atoms with van der Waals surface area (Å²) in [6, 6.07) is 1.96. The minimum Gasteiger partial charge on any atom is -0.376 e. The molecule has 0 N–H and O–H groups in total. The van der Waals surface area contributed by atoms with E-state index in [4.69, 9.17) is 4.74 Å². The van der Waals surface area contributed by atoms with Crippen LogP contribution in [-0.4, -0.2) is 35.8 Å². The fourth-order valence-electron chi connectivity index (χ4n) is 2.10. The summed E-state index contributed by atoms with van der Waals surface area (Å²) in [5.41, 5.74) is 0. The van der Waals surface area contributed by atoms with E-state index in [0.29, 0.717) is 6.10 Å². The van der Waals surface area contributed by atoms with Gasteiger partial charge in [0, 0.05) is 25.8 Å². The van der Waals surface area contributed by atoms with Crippen LogP contribution < -0.4 is 4.90 Å². The smallest absolute Gasteiger partial charge is 0.133 e. The van der Waals surface area contributed by atoms with E-state index in [0.717, 1.165) is 42.4 Å². The molecule has 17 heavy (non-hydrogen) atoms. The lowest BCUT2D eigenvalue weighted by Crippen LogP contribution is -2.32. The van der Waals surface area contributed by atoms with Gasteiger partial charge >= 0.3 is 0 Å². The van der Waals surface area contributed by atoms with Crippen LogP contribution in [0.25, 0.3) is 0 Å². The van der Waals surface area contributed by atoms with Crippen LogP contribution in [-0.2, 0) is 4.74 Å². The SMILES string of the molecule is CCN(CC1CCCO1)c1cc(Br)nc(C)n1. The summed E-state index contributed by atoms with van der Waals surface area (Å²) in [5, 5.41) is 0. The number of nitrogens with zero attached hydrogens (tertiary/aromatic N) is 3. The summed E-state index contributed by atoms with van der Waals surface area (Å²) in [6.07, 6.45) is 2.68. The van der Waals surface area contributed by atoms with Crippen molar-refractivity contribution in [1.29, 1.82) is 0 Å². The van der Waals surface area contributed by atoms with Crippen LogP contribution in [0.4, 0.5) is 5.82 Å². The van der Waals surface area contributed by atoms with Gasteiger partial charge in [0.2, 0.25) is 0 Å². The maximum atomic E-state index is 5.67. The quantitative estimate of drug-likeness (QED) is 0.801. The number of rotatable bonds is 4. The summed E-state index contributed by atoms with van der Waals surface area (Å²) in [5.74, 6) is 1.77. The van der Waals surface area contributed by atoms with Gasteiger partial charge in [0.25, 0.3) is 0 Å². The van der Waals surface area contributed by atoms with Crippen LogP contribution in [0.2, 0.25) is 0 Å². The van der Waals surface area contributed by atoms with Gasteiger partial charge < -0.3 is 9.64 Å². The Morgan fingerprint density at radius 2 is 2.35 bits per heavy atom. The van der Waals surface area contributed by atoms with Crippen LogP contribution in [0, 0.1) is 6.92 Å². The van der Waals surface area contributed by atoms with Crippen LogP contribution in [0.15, 0.2) is 10.7 Å². The molecule has 0 saturated carbocycles. The molecule has 94 valence electrons. The first kappa shape index (κ1) is 12.8. The third kappa shape index (κ3) is 3.39. The molecule has 0 amide bonds. The molecule has 1 aliphatic rings. The molecule has 1 fully saturated rings. The van der Waals surface area contributed by atoms with Gasteiger partial charge in [0.15, 0.2) is 0 Å². The molecule has 2 rings (SSSR count). The van der Waals surface area contributed by atoms with Crippen LogP contribution in [0.5, 0.6) is 0 Å². The number of anilines is 1. The van der Waals surface area contributed by atoms with Gasteiger partial charge in [-0.2, -0.15) is 0 Å². The highest BCUT2D eigenvalue weighted by atomic mass is 79.9. The molecule has 0 aromatic carbocycles. The Bertz CT molecular complexity index is 360. The molecule has 1 aromatic rings. The molecule has 1 aromatic heterocycles. The minimum absolute atomic E-state index is 0.351. The number of likely N-dealkylation sites (N-methyl/N-ethyl adjacent to an activating group) is 1. The van der Waals surface area contributed by atoms with Crippen molar-refractivity contribution in [1.82, 2.24) is 9.97 Å². The van der Waals surface area contributed by atoms with E-state index < -0.39 is 0 Å². The van der Waals surface area contributed by atoms with Crippen molar-refractivity contribution in [2.45, 2.75) is 32.8 Å². The van der Waals surface area contributed by atoms with Gasteiger partial charge in [0.05, 0.1) is 6.10 Å². The molecule has 1 aliphatic heterocycles. The lowest BCUT2D eigenvalue weighted by Gasteiger charge is -2.25. The Kier molecular flexibility index (Phi) is 4.34. The van der Waals surface area contributed by atoms with E-state index in [-0.39, 0.29) is 0 Å². The normalized spacial score (nSPS) is 19.6. The van der Waals surface area contributed by atoms with E-state index in [2.05, 4.69) is 37.7 Å². The highest BCUT2D eigenvalue weighted by Gasteiger charge is 2.19. The second-order valence-corrected chi connectivity index (χ2v) is 5.08. The van der Waals surface area contributed by atoms with Crippen molar-refractivity contribution in [3.05, 3.63) is 16.5 Å². The highest BCUT2D eigenvalue weighted by molar-refractivity contribution is 9.10. The van der Waals surface area contributed by atoms with Gasteiger partial charge in [-0.3, -0.25) is 0 Å². The fourth-order valence-corrected chi connectivity index (χ4v) is 2.56. The van der Waals surface area contributed by atoms with E-state index in [9.17, 15) is 0 Å². The van der Waals surface area contributed by atoms with Gasteiger partial charge in [-0.05, 0) is 42.6 Å². The number of ether oxygens (including phenoxy) is 1. The summed E-state index contributed by atoms with van der Waals surface area (Å²) >= 11 is 3.41. The fraction of sp³-hybridized carbons (Fsp3) is 0.667. The van der Waals surface area contributed by atoms with Crippen LogP contribution in [0.3, 0.4) is 0 Å². The molecule has 2 heterocycles. The van der Waals surface area contributed by atoms with Gasteiger partial charge in [-0.1, -0.05) is 0 Å². The van der Waals surface area contributed by atoms with Crippen molar-refractivity contribution < 1.29 is 4.74 Å². The predicted octanol–water partition coefficient (Wildman–Crippen LogP) is 2.55. The Morgan fingerprint density at radius 1 is 1.53 bits per heavy atom. The van der Waals surface area contributed by atoms with Crippen molar-refractivity contribution in [3.63, 3.8) is 0 Å². The lowest BCUT2D eigenvalue weighted by molar-refractivity contribution is 0.115. The van der Waals surface area contributed by atoms with Crippen molar-refractivity contribution >= 4 is 21.7 Å². The topological polar surface area (TPSA) is 38.2 Å². The number of aromatic nitrogens is 2. The molecule has 5 heteroatoms. The summed E-state index contributed by atoms with van der Waals surface area (Å²) in [7, 11) is 0. The maximum absolute atomic E-state index is 5.67. The molecule has 1 atom stereocenters. The average Bonchev–Trinajstić information content (AvgIpc) is 2.77. The Hall–Kier alpha value is -0.680. The monoisotopic (exact) mass is 299 g/mol. The lowest BCUT2D eigenvalue weighted by atomic mass is 10.2. The second kappa shape index (κ2) is 5.78. The van der Waals surface area contributed by atoms with Gasteiger partial charge in [-0.15, -0.1) is 0 Å². The molecule has 0 spiro atoms. The Labute approximate surface area is 111 Å². The van der Waals surface area contributed by atoms with E-state index in [1.807, 2.05) is 13.0 Å². The number of hydrogen-bond donors (Lipinski definition) is 0. The zero-order chi connectivity index (χ0) is 12.3. The van der Waals surface area contributed by atoms with Crippen molar-refractivity contribution in [2.24, 2.45) is 0 Å².